The number of nitrogens with zero attached hydrogens (tertiary/aromatic N) is 4. The second-order valence-electron chi connectivity index (χ2n) is 7.49. The van der Waals surface area contributed by atoms with Gasteiger partial charge in [-0.3, -0.25) is 14.6 Å². The molecule has 0 aliphatic carbocycles. The molecule has 33 heavy (non-hydrogen) atoms. The molecule has 168 valence electrons. The molecule has 0 radical (unpaired) electrons. The van der Waals surface area contributed by atoms with Crippen molar-refractivity contribution in [1.29, 1.82) is 5.26 Å². The van der Waals surface area contributed by atoms with E-state index in [1.807, 2.05) is 0 Å². The quantitative estimate of drug-likeness (QED) is 0.594. The highest BCUT2D eigenvalue weighted by Crippen LogP contribution is 2.31. The van der Waals surface area contributed by atoms with Gasteiger partial charge in [0, 0.05) is 35.0 Å². The first kappa shape index (κ1) is 22.4. The zero-order chi connectivity index (χ0) is 23.6. The molecule has 4 rings (SSSR count). The molecule has 0 bridgehead atoms. The molecule has 1 unspecified atom stereocenters. The fourth-order valence-corrected chi connectivity index (χ4v) is 3.71. The number of fused-ring (bicyclic) bond motifs is 1. The first-order valence-electron chi connectivity index (χ1n) is 9.88. The predicted molar refractivity (Wildman–Crippen MR) is 117 cm³/mol. The van der Waals surface area contributed by atoms with Gasteiger partial charge >= 0.3 is 0 Å². The summed E-state index contributed by atoms with van der Waals surface area (Å²) < 4.78 is 27.1. The molecule has 8 nitrogen and oxygen atoms in total. The SMILES string of the molecule is N#CC1CC(F)(F)CN1C(=O)CNC(=O)c1ccncc1C=Cc1nc2ccc(Cl)cc2[nH]1. The summed E-state index contributed by atoms with van der Waals surface area (Å²) >= 11 is 5.98. The van der Waals surface area contributed by atoms with Crippen molar-refractivity contribution in [3.63, 3.8) is 0 Å². The van der Waals surface area contributed by atoms with Gasteiger partial charge < -0.3 is 15.2 Å². The third-order valence-corrected chi connectivity index (χ3v) is 5.35. The lowest BCUT2D eigenvalue weighted by Crippen LogP contribution is -2.43. The Labute approximate surface area is 191 Å². The predicted octanol–water partition coefficient (Wildman–Crippen LogP) is 3.27. The molecule has 0 saturated carbocycles. The van der Waals surface area contributed by atoms with Gasteiger partial charge in [-0.25, -0.2) is 13.8 Å². The number of pyridine rings is 1. The molecule has 1 aliphatic rings. The lowest BCUT2D eigenvalue weighted by Gasteiger charge is -2.19. The number of nitrogens with one attached hydrogen (secondary N) is 2. The van der Waals surface area contributed by atoms with Gasteiger partial charge in [0.2, 0.25) is 5.91 Å². The second-order valence-corrected chi connectivity index (χ2v) is 7.93. The van der Waals surface area contributed by atoms with Gasteiger partial charge in [-0.15, -0.1) is 0 Å². The third-order valence-electron chi connectivity index (χ3n) is 5.12. The van der Waals surface area contributed by atoms with Crippen LogP contribution in [0.25, 0.3) is 23.2 Å². The van der Waals surface area contributed by atoms with E-state index in [1.165, 1.54) is 18.5 Å². The number of nitriles is 1. The molecule has 2 aromatic heterocycles. The standard InChI is InChI=1S/C22H17ClF2N6O2/c23-14-2-3-17-18(7-14)30-19(29-17)4-1-13-10-27-6-5-16(13)21(33)28-11-20(32)31-12-22(24,25)8-15(31)9-26/h1-7,10,15H,8,11-12H2,(H,28,33)(H,29,30). The van der Waals surface area contributed by atoms with Crippen LogP contribution in [0.4, 0.5) is 8.78 Å². The van der Waals surface area contributed by atoms with Crippen molar-refractivity contribution in [3.8, 4) is 6.07 Å². The van der Waals surface area contributed by atoms with Crippen LogP contribution in [0, 0.1) is 11.3 Å². The third kappa shape index (κ3) is 4.99. The van der Waals surface area contributed by atoms with E-state index < -0.39 is 43.3 Å². The van der Waals surface area contributed by atoms with Gasteiger partial charge in [-0.2, -0.15) is 5.26 Å². The van der Waals surface area contributed by atoms with Crippen molar-refractivity contribution < 1.29 is 18.4 Å². The molecular weight excluding hydrogens is 454 g/mol. The number of H-pyrrole nitrogens is 1. The van der Waals surface area contributed by atoms with Crippen LogP contribution in [0.5, 0.6) is 0 Å². The van der Waals surface area contributed by atoms with Gasteiger partial charge in [0.25, 0.3) is 11.8 Å². The van der Waals surface area contributed by atoms with Crippen molar-refractivity contribution in [2.75, 3.05) is 13.1 Å². The smallest absolute Gasteiger partial charge is 0.268 e. The lowest BCUT2D eigenvalue weighted by atomic mass is 10.1. The van der Waals surface area contributed by atoms with Crippen LogP contribution >= 0.6 is 11.6 Å². The zero-order valence-electron chi connectivity index (χ0n) is 17.1. The zero-order valence-corrected chi connectivity index (χ0v) is 17.8. The largest absolute Gasteiger partial charge is 0.343 e. The minimum absolute atomic E-state index is 0.233. The molecule has 11 heteroatoms. The topological polar surface area (TPSA) is 115 Å². The number of hydrogen-bond donors (Lipinski definition) is 2. The summed E-state index contributed by atoms with van der Waals surface area (Å²) in [6.07, 6.45) is 5.48. The van der Waals surface area contributed by atoms with Gasteiger partial charge in [-0.05, 0) is 36.4 Å². The van der Waals surface area contributed by atoms with Crippen LogP contribution in [0.1, 0.15) is 28.2 Å². The Morgan fingerprint density at radius 2 is 2.18 bits per heavy atom. The van der Waals surface area contributed by atoms with Crippen molar-refractivity contribution in [2.24, 2.45) is 0 Å². The molecule has 1 fully saturated rings. The Morgan fingerprint density at radius 1 is 1.36 bits per heavy atom. The number of imidazole rings is 1. The van der Waals surface area contributed by atoms with Crippen LogP contribution in [0.3, 0.4) is 0 Å². The maximum absolute atomic E-state index is 13.6. The summed E-state index contributed by atoms with van der Waals surface area (Å²) in [6, 6.07) is 7.20. The summed E-state index contributed by atoms with van der Waals surface area (Å²) in [5, 5.41) is 12.0. The monoisotopic (exact) mass is 470 g/mol. The number of carbonyl (C=O) groups is 2. The fraction of sp³-hybridized carbons (Fsp3) is 0.227. The summed E-state index contributed by atoms with van der Waals surface area (Å²) in [7, 11) is 0. The minimum atomic E-state index is -3.12. The van der Waals surface area contributed by atoms with Crippen molar-refractivity contribution in [2.45, 2.75) is 18.4 Å². The van der Waals surface area contributed by atoms with Crippen LogP contribution in [-0.2, 0) is 4.79 Å². The van der Waals surface area contributed by atoms with Crippen molar-refractivity contribution in [1.82, 2.24) is 25.2 Å². The maximum atomic E-state index is 13.6. The minimum Gasteiger partial charge on any atom is -0.343 e. The molecule has 0 spiro atoms. The molecule has 3 heterocycles. The van der Waals surface area contributed by atoms with E-state index in [0.29, 0.717) is 16.4 Å². The Kier molecular flexibility index (Phi) is 6.07. The van der Waals surface area contributed by atoms with E-state index in [-0.39, 0.29) is 5.56 Å². The van der Waals surface area contributed by atoms with Gasteiger partial charge in [0.15, 0.2) is 0 Å². The Hall–Kier alpha value is -3.84. The number of rotatable bonds is 5. The Bertz CT molecular complexity index is 1300. The van der Waals surface area contributed by atoms with Gasteiger partial charge in [0.05, 0.1) is 30.2 Å². The van der Waals surface area contributed by atoms with E-state index in [9.17, 15) is 18.4 Å². The first-order valence-corrected chi connectivity index (χ1v) is 10.3. The first-order chi connectivity index (χ1) is 15.8. The number of aromatic amines is 1. The number of alkyl halides is 2. The lowest BCUT2D eigenvalue weighted by molar-refractivity contribution is -0.131. The molecule has 1 aliphatic heterocycles. The summed E-state index contributed by atoms with van der Waals surface area (Å²) in [5.74, 6) is -3.92. The normalized spacial score (nSPS) is 17.4. The van der Waals surface area contributed by atoms with E-state index in [2.05, 4.69) is 20.3 Å². The fourth-order valence-electron chi connectivity index (χ4n) is 3.54. The Balaban J connectivity index is 1.45. The molecule has 2 amide bonds. The molecule has 1 atom stereocenters. The number of amides is 2. The number of carbonyl (C=O) groups excluding carboxylic acids is 2. The molecular formula is C22H17ClF2N6O2. The average molecular weight is 471 g/mol. The number of benzene rings is 1. The Morgan fingerprint density at radius 3 is 2.97 bits per heavy atom. The summed E-state index contributed by atoms with van der Waals surface area (Å²) in [5.41, 5.74) is 2.18. The van der Waals surface area contributed by atoms with Gasteiger partial charge in [-0.1, -0.05) is 11.6 Å². The number of hydrogen-bond acceptors (Lipinski definition) is 5. The van der Waals surface area contributed by atoms with E-state index in [4.69, 9.17) is 16.9 Å². The summed E-state index contributed by atoms with van der Waals surface area (Å²) in [4.78, 5) is 37.3. The maximum Gasteiger partial charge on any atom is 0.268 e. The highest BCUT2D eigenvalue weighted by molar-refractivity contribution is 6.31. The van der Waals surface area contributed by atoms with E-state index >= 15 is 0 Å². The number of aromatic nitrogens is 3. The van der Waals surface area contributed by atoms with Crippen LogP contribution in [0.15, 0.2) is 36.7 Å². The molecule has 1 aromatic carbocycles. The van der Waals surface area contributed by atoms with Crippen LogP contribution in [0.2, 0.25) is 5.02 Å². The number of halogens is 3. The van der Waals surface area contributed by atoms with Crippen molar-refractivity contribution in [3.05, 3.63) is 58.6 Å². The van der Waals surface area contributed by atoms with E-state index in [1.54, 1.807) is 36.4 Å². The highest BCUT2D eigenvalue weighted by atomic mass is 35.5. The van der Waals surface area contributed by atoms with E-state index in [0.717, 1.165) is 15.9 Å². The van der Waals surface area contributed by atoms with Crippen LogP contribution in [-0.4, -0.2) is 56.7 Å². The molecule has 2 N–H and O–H groups in total. The highest BCUT2D eigenvalue weighted by Gasteiger charge is 2.47. The van der Waals surface area contributed by atoms with Gasteiger partial charge in [0.1, 0.15) is 11.9 Å². The molecule has 3 aromatic rings. The van der Waals surface area contributed by atoms with Crippen LogP contribution < -0.4 is 5.32 Å². The molecule has 1 saturated heterocycles. The second kappa shape index (κ2) is 8.96. The summed E-state index contributed by atoms with van der Waals surface area (Å²) in [6.45, 7) is -1.35. The van der Waals surface area contributed by atoms with Crippen molar-refractivity contribution >= 4 is 46.6 Å². The number of likely N-dealkylation sites (tertiary alicyclic amines) is 1. The average Bonchev–Trinajstić information content (AvgIpc) is 3.34.